The highest BCUT2D eigenvalue weighted by molar-refractivity contribution is 9.10. The zero-order valence-electron chi connectivity index (χ0n) is 9.84. The highest BCUT2D eigenvalue weighted by Gasteiger charge is 2.20. The number of nitro groups is 1. The Kier molecular flexibility index (Phi) is 5.02. The number of hydrogen-bond donors (Lipinski definition) is 1. The van der Waals surface area contributed by atoms with Gasteiger partial charge in [-0.3, -0.25) is 19.9 Å². The van der Waals surface area contributed by atoms with E-state index >= 15 is 0 Å². The lowest BCUT2D eigenvalue weighted by molar-refractivity contribution is -0.384. The minimum Gasteiger partial charge on any atom is -0.469 e. The number of halogens is 1. The Morgan fingerprint density at radius 1 is 1.67 bits per heavy atom. The largest absolute Gasteiger partial charge is 0.469 e. The van der Waals surface area contributed by atoms with Crippen molar-refractivity contribution in [3.63, 3.8) is 0 Å². The van der Waals surface area contributed by atoms with Gasteiger partial charge < -0.3 is 10.1 Å². The number of nitrogens with one attached hydrogen (secondary N) is 1. The highest BCUT2D eigenvalue weighted by atomic mass is 79.9. The Hall–Kier alpha value is -1.70. The van der Waals surface area contributed by atoms with E-state index < -0.39 is 4.92 Å². The fourth-order valence-corrected chi connectivity index (χ4v) is 1.77. The number of hydrogen-bond acceptors (Lipinski definition) is 6. The fourth-order valence-electron chi connectivity index (χ4n) is 1.34. The zero-order valence-corrected chi connectivity index (χ0v) is 11.4. The molecule has 0 aliphatic carbocycles. The molecule has 1 N–H and O–H groups in total. The Morgan fingerprint density at radius 3 is 2.89 bits per heavy atom. The maximum atomic E-state index is 11.1. The molecule has 1 aromatic rings. The molecule has 7 nitrogen and oxygen atoms in total. The van der Waals surface area contributed by atoms with E-state index in [-0.39, 0.29) is 24.1 Å². The van der Waals surface area contributed by atoms with E-state index in [9.17, 15) is 14.9 Å². The first-order valence-corrected chi connectivity index (χ1v) is 5.86. The number of ether oxygens (including phenoxy) is 1. The van der Waals surface area contributed by atoms with Crippen LogP contribution in [0.15, 0.2) is 16.9 Å². The SMILES string of the molecule is COC(=O)C[C@@H](C)Nc1c(Br)cncc1[N+](=O)[O-]. The van der Waals surface area contributed by atoms with Crippen LogP contribution in [0.25, 0.3) is 0 Å². The average Bonchev–Trinajstić information content (AvgIpc) is 2.31. The minimum absolute atomic E-state index is 0.114. The number of aromatic nitrogens is 1. The second kappa shape index (κ2) is 6.29. The Bertz CT molecular complexity index is 466. The topological polar surface area (TPSA) is 94.4 Å². The van der Waals surface area contributed by atoms with Crippen LogP contribution in [0.3, 0.4) is 0 Å². The number of rotatable bonds is 5. The van der Waals surface area contributed by atoms with Crippen LogP contribution in [-0.2, 0) is 9.53 Å². The van der Waals surface area contributed by atoms with Gasteiger partial charge in [-0.1, -0.05) is 0 Å². The number of nitrogens with zero attached hydrogens (tertiary/aromatic N) is 2. The van der Waals surface area contributed by atoms with E-state index in [4.69, 9.17) is 0 Å². The molecule has 0 aromatic carbocycles. The molecule has 0 spiro atoms. The molecule has 0 radical (unpaired) electrons. The molecule has 1 aromatic heterocycles. The standard InChI is InChI=1S/C10H12BrN3O4/c1-6(3-9(15)18-2)13-10-7(11)4-12-5-8(10)14(16)17/h4-6H,3H2,1-2H3,(H,12,13)/t6-/m1/s1. The first-order chi connectivity index (χ1) is 8.45. The van der Waals surface area contributed by atoms with Crippen molar-refractivity contribution < 1.29 is 14.5 Å². The van der Waals surface area contributed by atoms with Crippen molar-refractivity contribution in [2.45, 2.75) is 19.4 Å². The zero-order chi connectivity index (χ0) is 13.7. The fraction of sp³-hybridized carbons (Fsp3) is 0.400. The van der Waals surface area contributed by atoms with Crippen molar-refractivity contribution in [1.82, 2.24) is 4.98 Å². The lowest BCUT2D eigenvalue weighted by Crippen LogP contribution is -2.21. The smallest absolute Gasteiger partial charge is 0.311 e. The van der Waals surface area contributed by atoms with Crippen molar-refractivity contribution in [2.75, 3.05) is 12.4 Å². The Labute approximate surface area is 112 Å². The van der Waals surface area contributed by atoms with Crippen molar-refractivity contribution in [3.05, 3.63) is 27.0 Å². The molecular weight excluding hydrogens is 306 g/mol. The third-order valence-corrected chi connectivity index (χ3v) is 2.77. The van der Waals surface area contributed by atoms with Crippen LogP contribution in [0.4, 0.5) is 11.4 Å². The number of anilines is 1. The first kappa shape index (κ1) is 14.4. The summed E-state index contributed by atoms with van der Waals surface area (Å²) >= 11 is 3.18. The second-order valence-electron chi connectivity index (χ2n) is 3.60. The van der Waals surface area contributed by atoms with Gasteiger partial charge in [-0.2, -0.15) is 0 Å². The summed E-state index contributed by atoms with van der Waals surface area (Å²) in [5, 5.41) is 13.7. The molecule has 1 atom stereocenters. The predicted octanol–water partition coefficient (Wildman–Crippen LogP) is 2.12. The Balaban J connectivity index is 2.89. The van der Waals surface area contributed by atoms with Crippen molar-refractivity contribution in [3.8, 4) is 0 Å². The Morgan fingerprint density at radius 2 is 2.33 bits per heavy atom. The molecule has 98 valence electrons. The number of methoxy groups -OCH3 is 1. The number of carbonyl (C=O) groups excluding carboxylic acids is 1. The van der Waals surface area contributed by atoms with Gasteiger partial charge in [0, 0.05) is 12.2 Å². The lowest BCUT2D eigenvalue weighted by Gasteiger charge is -2.14. The summed E-state index contributed by atoms with van der Waals surface area (Å²) < 4.78 is 5.00. The van der Waals surface area contributed by atoms with E-state index in [1.54, 1.807) is 6.92 Å². The lowest BCUT2D eigenvalue weighted by atomic mass is 10.2. The number of esters is 1. The van der Waals surface area contributed by atoms with Crippen LogP contribution in [-0.4, -0.2) is 29.0 Å². The van der Waals surface area contributed by atoms with Gasteiger partial charge in [0.1, 0.15) is 11.9 Å². The van der Waals surface area contributed by atoms with E-state index in [0.29, 0.717) is 10.2 Å². The van der Waals surface area contributed by atoms with Crippen molar-refractivity contribution in [2.24, 2.45) is 0 Å². The molecular formula is C10H12BrN3O4. The van der Waals surface area contributed by atoms with E-state index in [0.717, 1.165) is 6.20 Å². The van der Waals surface area contributed by atoms with Gasteiger partial charge in [-0.25, -0.2) is 0 Å². The van der Waals surface area contributed by atoms with Gasteiger partial charge >= 0.3 is 11.7 Å². The average molecular weight is 318 g/mol. The molecule has 0 fully saturated rings. The maximum Gasteiger partial charge on any atom is 0.311 e. The summed E-state index contributed by atoms with van der Waals surface area (Å²) in [6, 6.07) is -0.296. The van der Waals surface area contributed by atoms with Crippen LogP contribution in [0.2, 0.25) is 0 Å². The van der Waals surface area contributed by atoms with Crippen LogP contribution in [0.1, 0.15) is 13.3 Å². The molecule has 18 heavy (non-hydrogen) atoms. The van der Waals surface area contributed by atoms with Gasteiger partial charge in [-0.05, 0) is 22.9 Å². The second-order valence-corrected chi connectivity index (χ2v) is 4.45. The molecule has 0 aliphatic rings. The molecule has 0 amide bonds. The molecule has 0 unspecified atom stereocenters. The predicted molar refractivity (Wildman–Crippen MR) is 68.3 cm³/mol. The van der Waals surface area contributed by atoms with Crippen LogP contribution in [0.5, 0.6) is 0 Å². The normalized spacial score (nSPS) is 11.7. The molecule has 0 saturated heterocycles. The summed E-state index contributed by atoms with van der Waals surface area (Å²) in [6.45, 7) is 1.73. The van der Waals surface area contributed by atoms with E-state index in [2.05, 4.69) is 31.0 Å². The van der Waals surface area contributed by atoms with Gasteiger partial charge in [0.25, 0.3) is 0 Å². The van der Waals surface area contributed by atoms with E-state index in [1.807, 2.05) is 0 Å². The molecule has 0 bridgehead atoms. The molecule has 1 rings (SSSR count). The first-order valence-electron chi connectivity index (χ1n) is 5.07. The monoisotopic (exact) mass is 317 g/mol. The van der Waals surface area contributed by atoms with Crippen LogP contribution < -0.4 is 5.32 Å². The van der Waals surface area contributed by atoms with Gasteiger partial charge in [0.05, 0.1) is 22.9 Å². The third kappa shape index (κ3) is 3.66. The number of pyridine rings is 1. The van der Waals surface area contributed by atoms with Crippen LogP contribution >= 0.6 is 15.9 Å². The molecule has 8 heteroatoms. The van der Waals surface area contributed by atoms with Crippen LogP contribution in [0, 0.1) is 10.1 Å². The van der Waals surface area contributed by atoms with Gasteiger partial charge in [-0.15, -0.1) is 0 Å². The quantitative estimate of drug-likeness (QED) is 0.508. The van der Waals surface area contributed by atoms with Gasteiger partial charge in [0.2, 0.25) is 0 Å². The summed E-state index contributed by atoms with van der Waals surface area (Å²) in [7, 11) is 1.29. The molecule has 0 aliphatic heterocycles. The van der Waals surface area contributed by atoms with Gasteiger partial charge in [0.15, 0.2) is 0 Å². The maximum absolute atomic E-state index is 11.1. The highest BCUT2D eigenvalue weighted by Crippen LogP contribution is 2.31. The van der Waals surface area contributed by atoms with Crippen molar-refractivity contribution in [1.29, 1.82) is 0 Å². The third-order valence-electron chi connectivity index (χ3n) is 2.17. The summed E-state index contributed by atoms with van der Waals surface area (Å²) in [4.78, 5) is 25.1. The summed E-state index contributed by atoms with van der Waals surface area (Å²) in [5.74, 6) is -0.386. The summed E-state index contributed by atoms with van der Waals surface area (Å²) in [6.07, 6.45) is 2.71. The molecule has 0 saturated carbocycles. The van der Waals surface area contributed by atoms with Crippen molar-refractivity contribution >= 4 is 33.3 Å². The van der Waals surface area contributed by atoms with E-state index in [1.165, 1.54) is 13.3 Å². The minimum atomic E-state index is -0.537. The molecule has 1 heterocycles. The summed E-state index contributed by atoms with van der Waals surface area (Å²) in [5.41, 5.74) is 0.146. The number of carbonyl (C=O) groups is 1.